The molecule has 0 bridgehead atoms. The maximum atomic E-state index is 12.7. The molecule has 0 aromatic heterocycles. The Balaban J connectivity index is 2.43. The van der Waals surface area contributed by atoms with Gasteiger partial charge in [0.15, 0.2) is 5.78 Å². The lowest BCUT2D eigenvalue weighted by atomic mass is 9.68. The minimum Gasteiger partial charge on any atom is -0.462 e. The number of hydrogen-bond acceptors (Lipinski definition) is 5. The lowest BCUT2D eigenvalue weighted by Crippen LogP contribution is -2.46. The van der Waals surface area contributed by atoms with Crippen LogP contribution in [-0.2, 0) is 23.9 Å². The van der Waals surface area contributed by atoms with E-state index < -0.39 is 11.4 Å². The monoisotopic (exact) mass is 356 g/mol. The average molecular weight is 357 g/mol. The van der Waals surface area contributed by atoms with Crippen molar-refractivity contribution in [1.29, 1.82) is 0 Å². The first-order chi connectivity index (χ1) is 11.0. The molecule has 2 aliphatic rings. The number of allylic oxidation sites excluding steroid dienone is 1. The van der Waals surface area contributed by atoms with Crippen molar-refractivity contribution < 1.29 is 23.9 Å². The molecule has 0 aliphatic heterocycles. The molecule has 134 valence electrons. The molecule has 0 spiro atoms. The summed E-state index contributed by atoms with van der Waals surface area (Å²) >= 11 is 5.87. The molecule has 1 fully saturated rings. The van der Waals surface area contributed by atoms with Gasteiger partial charge in [-0.1, -0.05) is 19.9 Å². The van der Waals surface area contributed by atoms with Gasteiger partial charge >= 0.3 is 11.9 Å². The van der Waals surface area contributed by atoms with Gasteiger partial charge < -0.3 is 9.47 Å². The number of fused-ring (bicyclic) bond motifs is 1. The molecule has 2 rings (SSSR count). The van der Waals surface area contributed by atoms with Crippen molar-refractivity contribution in [3.8, 4) is 0 Å². The van der Waals surface area contributed by atoms with Gasteiger partial charge in [0.05, 0.1) is 11.3 Å². The number of carbonyl (C=O) groups is 3. The fourth-order valence-electron chi connectivity index (χ4n) is 4.39. The van der Waals surface area contributed by atoms with Gasteiger partial charge in [0.1, 0.15) is 12.7 Å². The summed E-state index contributed by atoms with van der Waals surface area (Å²) in [5, 5.41) is 0. The minimum atomic E-state index is -0.893. The Morgan fingerprint density at radius 2 is 1.83 bits per heavy atom. The molecule has 0 amide bonds. The van der Waals surface area contributed by atoms with Crippen LogP contribution >= 0.6 is 11.6 Å². The van der Waals surface area contributed by atoms with Crippen LogP contribution in [0.1, 0.15) is 41.0 Å². The Kier molecular flexibility index (Phi) is 5.14. The molecule has 0 heterocycles. The summed E-state index contributed by atoms with van der Waals surface area (Å²) in [6.07, 6.45) is 2.43. The number of hydrogen-bond donors (Lipinski definition) is 0. The maximum absolute atomic E-state index is 12.7. The van der Waals surface area contributed by atoms with Crippen molar-refractivity contribution in [1.82, 2.24) is 0 Å². The van der Waals surface area contributed by atoms with Crippen molar-refractivity contribution in [3.63, 3.8) is 0 Å². The van der Waals surface area contributed by atoms with E-state index in [0.29, 0.717) is 0 Å². The molecule has 0 radical (unpaired) electrons. The molecule has 0 aromatic rings. The Labute approximate surface area is 147 Å². The summed E-state index contributed by atoms with van der Waals surface area (Å²) in [5.74, 6) is -1.12. The van der Waals surface area contributed by atoms with Crippen LogP contribution in [0.4, 0.5) is 0 Å². The zero-order valence-electron chi connectivity index (χ0n) is 14.8. The van der Waals surface area contributed by atoms with Crippen LogP contribution in [-0.4, -0.2) is 36.3 Å². The summed E-state index contributed by atoms with van der Waals surface area (Å²) in [6, 6.07) is 0. The normalized spacial score (nSPS) is 33.6. The largest absolute Gasteiger partial charge is 0.462 e. The first-order valence-electron chi connectivity index (χ1n) is 8.15. The summed E-state index contributed by atoms with van der Waals surface area (Å²) in [4.78, 5) is 35.5. The zero-order valence-corrected chi connectivity index (χ0v) is 15.6. The van der Waals surface area contributed by atoms with Gasteiger partial charge in [-0.2, -0.15) is 0 Å². The summed E-state index contributed by atoms with van der Waals surface area (Å²) in [6.45, 7) is 8.70. The predicted molar refractivity (Wildman–Crippen MR) is 89.5 cm³/mol. The molecule has 1 saturated carbocycles. The molecule has 0 unspecified atom stereocenters. The van der Waals surface area contributed by atoms with Gasteiger partial charge in [-0.05, 0) is 24.8 Å². The lowest BCUT2D eigenvalue weighted by molar-refractivity contribution is -0.158. The van der Waals surface area contributed by atoms with Crippen molar-refractivity contribution in [3.05, 3.63) is 11.6 Å². The van der Waals surface area contributed by atoms with Gasteiger partial charge in [-0.3, -0.25) is 14.4 Å². The number of ketones is 1. The van der Waals surface area contributed by atoms with E-state index >= 15 is 0 Å². The lowest BCUT2D eigenvalue weighted by Gasteiger charge is -2.39. The molecule has 0 saturated heterocycles. The van der Waals surface area contributed by atoms with E-state index in [9.17, 15) is 14.4 Å². The molecule has 2 aliphatic carbocycles. The predicted octanol–water partition coefficient (Wildman–Crippen LogP) is 2.90. The van der Waals surface area contributed by atoms with Crippen LogP contribution in [0, 0.1) is 22.7 Å². The molecule has 4 atom stereocenters. The summed E-state index contributed by atoms with van der Waals surface area (Å²) < 4.78 is 10.8. The van der Waals surface area contributed by atoms with Crippen LogP contribution in [0.15, 0.2) is 11.6 Å². The second-order valence-corrected chi connectivity index (χ2v) is 7.91. The van der Waals surface area contributed by atoms with Crippen LogP contribution in [0.25, 0.3) is 0 Å². The number of rotatable bonds is 5. The number of esters is 2. The Morgan fingerprint density at radius 3 is 2.33 bits per heavy atom. The number of carbonyl (C=O) groups excluding carboxylic acids is 3. The van der Waals surface area contributed by atoms with E-state index in [-0.39, 0.29) is 47.6 Å². The van der Waals surface area contributed by atoms with Gasteiger partial charge in [-0.25, -0.2) is 0 Å². The van der Waals surface area contributed by atoms with Gasteiger partial charge in [-0.15, -0.1) is 11.6 Å². The fraction of sp³-hybridized carbons (Fsp3) is 0.722. The number of ether oxygens (including phenoxy) is 2. The second kappa shape index (κ2) is 6.51. The molecule has 5 nitrogen and oxygen atoms in total. The van der Waals surface area contributed by atoms with Crippen molar-refractivity contribution in [2.45, 2.75) is 47.1 Å². The first-order valence-corrected chi connectivity index (χ1v) is 8.68. The Morgan fingerprint density at radius 1 is 1.21 bits per heavy atom. The molecule has 6 heteroatoms. The van der Waals surface area contributed by atoms with Crippen molar-refractivity contribution in [2.24, 2.45) is 22.7 Å². The highest BCUT2D eigenvalue weighted by Gasteiger charge is 2.62. The van der Waals surface area contributed by atoms with E-state index in [1.807, 2.05) is 26.8 Å². The average Bonchev–Trinajstić information content (AvgIpc) is 2.87. The molecular weight excluding hydrogens is 332 g/mol. The van der Waals surface area contributed by atoms with Gasteiger partial charge in [0.2, 0.25) is 0 Å². The van der Waals surface area contributed by atoms with Crippen molar-refractivity contribution in [2.75, 3.05) is 12.5 Å². The Bertz CT molecular complexity index is 594. The minimum absolute atomic E-state index is 0.0642. The molecular formula is C18H25ClO5. The van der Waals surface area contributed by atoms with Crippen LogP contribution in [0.3, 0.4) is 0 Å². The van der Waals surface area contributed by atoms with E-state index in [1.165, 1.54) is 13.8 Å². The molecule has 24 heavy (non-hydrogen) atoms. The highest BCUT2D eigenvalue weighted by molar-refractivity contribution is 6.28. The number of Topliss-reactive ketones (excluding diaryl/α,β-unsaturated/α-hetero) is 1. The van der Waals surface area contributed by atoms with Crippen LogP contribution < -0.4 is 0 Å². The third-order valence-electron chi connectivity index (χ3n) is 5.49. The Hall–Kier alpha value is -1.36. The van der Waals surface area contributed by atoms with Crippen molar-refractivity contribution >= 4 is 29.3 Å². The van der Waals surface area contributed by atoms with Crippen LogP contribution in [0.5, 0.6) is 0 Å². The number of halogens is 1. The summed E-state index contributed by atoms with van der Waals surface area (Å²) in [7, 11) is 0. The fourth-order valence-corrected chi connectivity index (χ4v) is 4.67. The highest BCUT2D eigenvalue weighted by atomic mass is 35.5. The quantitative estimate of drug-likeness (QED) is 0.430. The summed E-state index contributed by atoms with van der Waals surface area (Å²) in [5.41, 5.74) is -0.375. The standard InChI is InChI=1S/C18H25ClO5/c1-10(20)23-9-13-6-12-7-17(3,4)16(24-11(2)21)15(12)18(13,5)14(22)8-19/h6,12,15-16H,7-9H2,1-5H3/t12-,15-,16+,18+/m0/s1. The van der Waals surface area contributed by atoms with E-state index in [0.717, 1.165) is 12.0 Å². The van der Waals surface area contributed by atoms with Gasteiger partial charge in [0.25, 0.3) is 0 Å². The zero-order chi connectivity index (χ0) is 18.3. The topological polar surface area (TPSA) is 69.7 Å². The molecule has 0 N–H and O–H groups in total. The second-order valence-electron chi connectivity index (χ2n) is 7.64. The molecule has 0 aromatic carbocycles. The number of alkyl halides is 1. The van der Waals surface area contributed by atoms with Gasteiger partial charge in [0, 0.05) is 25.2 Å². The third-order valence-corrected chi connectivity index (χ3v) is 5.74. The third kappa shape index (κ3) is 3.10. The first kappa shape index (κ1) is 19.0. The maximum Gasteiger partial charge on any atom is 0.302 e. The smallest absolute Gasteiger partial charge is 0.302 e. The van der Waals surface area contributed by atoms with E-state index in [1.54, 1.807) is 0 Å². The highest BCUT2D eigenvalue weighted by Crippen LogP contribution is 2.61. The SMILES string of the molecule is CC(=O)OCC1=C[C@H]2CC(C)(C)[C@H](OC(C)=O)[C@H]2[C@@]1(C)C(=O)CCl. The van der Waals surface area contributed by atoms with E-state index in [2.05, 4.69) is 0 Å². The van der Waals surface area contributed by atoms with E-state index in [4.69, 9.17) is 21.1 Å². The van der Waals surface area contributed by atoms with Crippen LogP contribution in [0.2, 0.25) is 0 Å².